The Labute approximate surface area is 155 Å². The van der Waals surface area contributed by atoms with Gasteiger partial charge in [-0.15, -0.1) is 11.3 Å². The highest BCUT2D eigenvalue weighted by Crippen LogP contribution is 2.39. The van der Waals surface area contributed by atoms with Crippen molar-refractivity contribution in [2.75, 3.05) is 0 Å². The highest BCUT2D eigenvalue weighted by atomic mass is 32.1. The number of aromatic nitrogens is 2. The molecule has 0 saturated heterocycles. The fourth-order valence-electron chi connectivity index (χ4n) is 3.92. The number of hydrogen-bond donors (Lipinski definition) is 1. The number of nitrogens with zero attached hydrogens (tertiary/aromatic N) is 2. The van der Waals surface area contributed by atoms with E-state index in [2.05, 4.69) is 22.4 Å². The predicted molar refractivity (Wildman–Crippen MR) is 104 cm³/mol. The first-order valence-corrected chi connectivity index (χ1v) is 9.66. The van der Waals surface area contributed by atoms with Crippen LogP contribution in [0.15, 0.2) is 41.5 Å². The van der Waals surface area contributed by atoms with E-state index < -0.39 is 0 Å². The first-order valence-electron chi connectivity index (χ1n) is 8.85. The van der Waals surface area contributed by atoms with E-state index in [4.69, 9.17) is 0 Å². The third-order valence-electron chi connectivity index (χ3n) is 5.35. The molecule has 134 valence electrons. The smallest absolute Gasteiger partial charge is 0.262 e. The Morgan fingerprint density at radius 3 is 2.62 bits per heavy atom. The van der Waals surface area contributed by atoms with Gasteiger partial charge in [-0.3, -0.25) is 9.59 Å². The first-order chi connectivity index (χ1) is 12.5. The SMILES string of the molecule is Cc1c(C(=O)NC2(c3ccccc3)CCCC2)sc2ncn(C)c(=O)c12. The van der Waals surface area contributed by atoms with E-state index in [9.17, 15) is 9.59 Å². The van der Waals surface area contributed by atoms with Gasteiger partial charge in [0.1, 0.15) is 4.83 Å². The maximum Gasteiger partial charge on any atom is 0.262 e. The fraction of sp³-hybridized carbons (Fsp3) is 0.350. The number of amides is 1. The Balaban J connectivity index is 1.74. The van der Waals surface area contributed by atoms with Gasteiger partial charge in [0.15, 0.2) is 0 Å². The first kappa shape index (κ1) is 17.0. The molecule has 2 aromatic heterocycles. The number of aryl methyl sites for hydroxylation is 2. The van der Waals surface area contributed by atoms with E-state index in [-0.39, 0.29) is 17.0 Å². The summed E-state index contributed by atoms with van der Waals surface area (Å²) in [5, 5.41) is 3.84. The fourth-order valence-corrected chi connectivity index (χ4v) is 4.96. The zero-order valence-corrected chi connectivity index (χ0v) is 15.7. The lowest BCUT2D eigenvalue weighted by Crippen LogP contribution is -2.43. The Hall–Kier alpha value is -2.47. The summed E-state index contributed by atoms with van der Waals surface area (Å²) in [7, 11) is 1.68. The highest BCUT2D eigenvalue weighted by molar-refractivity contribution is 7.20. The number of nitrogens with one attached hydrogen (secondary N) is 1. The number of carbonyl (C=O) groups is 1. The third kappa shape index (κ3) is 2.65. The van der Waals surface area contributed by atoms with Gasteiger partial charge in [-0.1, -0.05) is 43.2 Å². The standard InChI is InChI=1S/C20H21N3O2S/c1-13-15-18(21-12-23(2)19(15)25)26-16(13)17(24)22-20(10-6-7-11-20)14-8-4-3-5-9-14/h3-5,8-9,12H,6-7,10-11H2,1-2H3,(H,22,24). The van der Waals surface area contributed by atoms with E-state index in [1.165, 1.54) is 22.2 Å². The van der Waals surface area contributed by atoms with Crippen molar-refractivity contribution >= 4 is 27.5 Å². The number of hydrogen-bond acceptors (Lipinski definition) is 4. The van der Waals surface area contributed by atoms with E-state index in [1.807, 2.05) is 25.1 Å². The summed E-state index contributed by atoms with van der Waals surface area (Å²) < 4.78 is 1.45. The molecule has 0 aliphatic heterocycles. The number of fused-ring (bicyclic) bond motifs is 1. The van der Waals surface area contributed by atoms with Gasteiger partial charge in [-0.25, -0.2) is 4.98 Å². The molecule has 0 unspecified atom stereocenters. The largest absolute Gasteiger partial charge is 0.342 e. The Morgan fingerprint density at radius 2 is 1.92 bits per heavy atom. The zero-order valence-electron chi connectivity index (χ0n) is 14.9. The van der Waals surface area contributed by atoms with Crippen molar-refractivity contribution in [3.63, 3.8) is 0 Å². The number of rotatable bonds is 3. The number of carbonyl (C=O) groups excluding carboxylic acids is 1. The summed E-state index contributed by atoms with van der Waals surface area (Å²) in [5.74, 6) is -0.113. The Kier molecular flexibility index (Phi) is 4.15. The summed E-state index contributed by atoms with van der Waals surface area (Å²) in [6, 6.07) is 10.2. The van der Waals surface area contributed by atoms with Crippen molar-refractivity contribution in [2.24, 2.45) is 7.05 Å². The second-order valence-electron chi connectivity index (χ2n) is 7.01. The van der Waals surface area contributed by atoms with Gasteiger partial charge in [-0.05, 0) is 30.9 Å². The molecular weight excluding hydrogens is 346 g/mol. The molecule has 0 radical (unpaired) electrons. The quantitative estimate of drug-likeness (QED) is 0.770. The molecule has 1 aromatic carbocycles. The lowest BCUT2D eigenvalue weighted by atomic mass is 9.88. The Bertz CT molecular complexity index is 1030. The van der Waals surface area contributed by atoms with E-state index >= 15 is 0 Å². The average Bonchev–Trinajstić information content (AvgIpc) is 3.25. The molecule has 1 saturated carbocycles. The molecule has 0 spiro atoms. The molecule has 4 rings (SSSR count). The maximum absolute atomic E-state index is 13.1. The number of thiophene rings is 1. The molecule has 26 heavy (non-hydrogen) atoms. The summed E-state index contributed by atoms with van der Waals surface area (Å²) in [6.07, 6.45) is 5.58. The van der Waals surface area contributed by atoms with Crippen molar-refractivity contribution in [1.82, 2.24) is 14.9 Å². The molecule has 1 aliphatic carbocycles. The maximum atomic E-state index is 13.1. The number of benzene rings is 1. The van der Waals surface area contributed by atoms with Crippen LogP contribution in [0.25, 0.3) is 10.2 Å². The zero-order chi connectivity index (χ0) is 18.3. The van der Waals surface area contributed by atoms with E-state index in [0.29, 0.717) is 15.1 Å². The molecule has 3 aromatic rings. The van der Waals surface area contributed by atoms with Crippen LogP contribution in [-0.4, -0.2) is 15.5 Å². The molecule has 1 fully saturated rings. The van der Waals surface area contributed by atoms with Crippen LogP contribution in [0.2, 0.25) is 0 Å². The van der Waals surface area contributed by atoms with Gasteiger partial charge in [0.25, 0.3) is 11.5 Å². The van der Waals surface area contributed by atoms with Crippen LogP contribution in [0, 0.1) is 6.92 Å². The molecule has 0 atom stereocenters. The second-order valence-corrected chi connectivity index (χ2v) is 8.01. The molecule has 1 aliphatic rings. The Morgan fingerprint density at radius 1 is 1.23 bits per heavy atom. The van der Waals surface area contributed by atoms with Crippen LogP contribution in [0.3, 0.4) is 0 Å². The van der Waals surface area contributed by atoms with E-state index in [1.54, 1.807) is 7.05 Å². The topological polar surface area (TPSA) is 64.0 Å². The lowest BCUT2D eigenvalue weighted by molar-refractivity contribution is 0.0902. The molecule has 6 heteroatoms. The monoisotopic (exact) mass is 367 g/mol. The van der Waals surface area contributed by atoms with Crippen LogP contribution in [0.1, 0.15) is 46.5 Å². The molecule has 5 nitrogen and oxygen atoms in total. The van der Waals surface area contributed by atoms with Gasteiger partial charge >= 0.3 is 0 Å². The third-order valence-corrected chi connectivity index (χ3v) is 6.55. The average molecular weight is 367 g/mol. The van der Waals surface area contributed by atoms with Gasteiger partial charge in [0.05, 0.1) is 22.1 Å². The van der Waals surface area contributed by atoms with Crippen molar-refractivity contribution in [2.45, 2.75) is 38.1 Å². The minimum atomic E-state index is -0.320. The van der Waals surface area contributed by atoms with Crippen molar-refractivity contribution < 1.29 is 4.79 Å². The lowest BCUT2D eigenvalue weighted by Gasteiger charge is -2.31. The molecule has 1 N–H and O–H groups in total. The minimum absolute atomic E-state index is 0.110. The summed E-state index contributed by atoms with van der Waals surface area (Å²) in [6.45, 7) is 1.83. The van der Waals surface area contributed by atoms with Gasteiger partial charge in [-0.2, -0.15) is 0 Å². The van der Waals surface area contributed by atoms with E-state index in [0.717, 1.165) is 36.8 Å². The molecule has 1 amide bonds. The highest BCUT2D eigenvalue weighted by Gasteiger charge is 2.37. The van der Waals surface area contributed by atoms with Crippen molar-refractivity contribution in [3.05, 3.63) is 63.0 Å². The van der Waals surface area contributed by atoms with Crippen molar-refractivity contribution in [3.8, 4) is 0 Å². The van der Waals surface area contributed by atoms with Gasteiger partial charge in [0, 0.05) is 7.05 Å². The molecule has 0 bridgehead atoms. The summed E-state index contributed by atoms with van der Waals surface area (Å²) in [5.41, 5.74) is 1.44. The van der Waals surface area contributed by atoms with Crippen LogP contribution < -0.4 is 10.9 Å². The van der Waals surface area contributed by atoms with Gasteiger partial charge in [0.2, 0.25) is 0 Å². The molecular formula is C20H21N3O2S. The van der Waals surface area contributed by atoms with Crippen LogP contribution in [0.4, 0.5) is 0 Å². The van der Waals surface area contributed by atoms with Crippen LogP contribution in [0.5, 0.6) is 0 Å². The van der Waals surface area contributed by atoms with Crippen LogP contribution >= 0.6 is 11.3 Å². The second kappa shape index (κ2) is 6.36. The van der Waals surface area contributed by atoms with Crippen LogP contribution in [-0.2, 0) is 12.6 Å². The van der Waals surface area contributed by atoms with Crippen molar-refractivity contribution in [1.29, 1.82) is 0 Å². The summed E-state index contributed by atoms with van der Waals surface area (Å²) >= 11 is 1.30. The minimum Gasteiger partial charge on any atom is -0.342 e. The summed E-state index contributed by atoms with van der Waals surface area (Å²) in [4.78, 5) is 31.1. The predicted octanol–water partition coefficient (Wildman–Crippen LogP) is 3.50. The molecule has 2 heterocycles. The normalized spacial score (nSPS) is 16.1. The van der Waals surface area contributed by atoms with Gasteiger partial charge < -0.3 is 9.88 Å².